The summed E-state index contributed by atoms with van der Waals surface area (Å²) >= 11 is 0. The maximum absolute atomic E-state index is 13.6. The van der Waals surface area contributed by atoms with E-state index in [1.807, 2.05) is 0 Å². The predicted molar refractivity (Wildman–Crippen MR) is 63.8 cm³/mol. The van der Waals surface area contributed by atoms with Gasteiger partial charge in [-0.3, -0.25) is 5.41 Å². The minimum atomic E-state index is -0.823. The van der Waals surface area contributed by atoms with Crippen molar-refractivity contribution in [1.82, 2.24) is 0 Å². The van der Waals surface area contributed by atoms with E-state index < -0.39 is 23.2 Å². The zero-order valence-electron chi connectivity index (χ0n) is 9.58. The molecule has 0 heterocycles. The first-order valence-corrected chi connectivity index (χ1v) is 5.24. The molecule has 0 spiro atoms. The Labute approximate surface area is 106 Å². The van der Waals surface area contributed by atoms with Crippen LogP contribution in [-0.2, 0) is 0 Å². The number of hydrogen-bond acceptors (Lipinski definition) is 2. The second-order valence-corrected chi connectivity index (χ2v) is 3.74. The van der Waals surface area contributed by atoms with Crippen LogP contribution in [0.25, 0.3) is 0 Å². The van der Waals surface area contributed by atoms with Crippen LogP contribution in [-0.4, -0.2) is 5.84 Å². The van der Waals surface area contributed by atoms with Crippen LogP contribution in [0.4, 0.5) is 13.2 Å². The summed E-state index contributed by atoms with van der Waals surface area (Å²) in [7, 11) is 0. The number of nitrogens with one attached hydrogen (secondary N) is 1. The van der Waals surface area contributed by atoms with E-state index in [0.29, 0.717) is 0 Å². The lowest BCUT2D eigenvalue weighted by Gasteiger charge is -2.08. The Morgan fingerprint density at radius 1 is 0.947 bits per heavy atom. The van der Waals surface area contributed by atoms with Crippen LogP contribution in [0, 0.1) is 22.9 Å². The van der Waals surface area contributed by atoms with E-state index in [-0.39, 0.29) is 17.1 Å². The molecule has 0 saturated heterocycles. The molecule has 0 aliphatic heterocycles. The van der Waals surface area contributed by atoms with Gasteiger partial charge < -0.3 is 10.5 Å². The fourth-order valence-corrected chi connectivity index (χ4v) is 1.43. The normalized spacial score (nSPS) is 10.3. The maximum atomic E-state index is 13.6. The highest BCUT2D eigenvalue weighted by Crippen LogP contribution is 2.27. The third kappa shape index (κ3) is 2.85. The number of amidine groups is 1. The zero-order valence-corrected chi connectivity index (χ0v) is 9.58. The second kappa shape index (κ2) is 5.01. The van der Waals surface area contributed by atoms with Crippen molar-refractivity contribution in [1.29, 1.82) is 5.41 Å². The van der Waals surface area contributed by atoms with Gasteiger partial charge in [0.25, 0.3) is 0 Å². The summed E-state index contributed by atoms with van der Waals surface area (Å²) in [6.45, 7) is 0. The molecular weight excluding hydrogens is 257 g/mol. The van der Waals surface area contributed by atoms with Crippen molar-refractivity contribution in [3.8, 4) is 11.5 Å². The van der Waals surface area contributed by atoms with Crippen LogP contribution in [0.1, 0.15) is 5.56 Å². The molecule has 2 rings (SSSR count). The quantitative estimate of drug-likeness (QED) is 0.662. The minimum Gasteiger partial charge on any atom is -0.451 e. The SMILES string of the molecule is N=C(N)c1ccc(Oc2cc(F)ccc2F)c(F)c1. The minimum absolute atomic E-state index is 0.171. The van der Waals surface area contributed by atoms with Gasteiger partial charge in [0.2, 0.25) is 0 Å². The predicted octanol–water partition coefficient (Wildman–Crippen LogP) is 3.18. The van der Waals surface area contributed by atoms with Crippen LogP contribution < -0.4 is 10.5 Å². The van der Waals surface area contributed by atoms with E-state index in [1.165, 1.54) is 12.1 Å². The summed E-state index contributed by atoms with van der Waals surface area (Å²) in [6, 6.07) is 6.14. The Morgan fingerprint density at radius 2 is 1.68 bits per heavy atom. The molecule has 0 amide bonds. The summed E-state index contributed by atoms with van der Waals surface area (Å²) in [4.78, 5) is 0. The molecule has 0 aliphatic carbocycles. The lowest BCUT2D eigenvalue weighted by Crippen LogP contribution is -2.11. The molecule has 3 N–H and O–H groups in total. The fourth-order valence-electron chi connectivity index (χ4n) is 1.43. The molecule has 3 nitrogen and oxygen atoms in total. The third-order valence-electron chi connectivity index (χ3n) is 2.36. The van der Waals surface area contributed by atoms with Crippen molar-refractivity contribution >= 4 is 5.84 Å². The van der Waals surface area contributed by atoms with Gasteiger partial charge in [0.1, 0.15) is 11.7 Å². The van der Waals surface area contributed by atoms with Gasteiger partial charge in [0.15, 0.2) is 23.1 Å². The van der Waals surface area contributed by atoms with Crippen LogP contribution >= 0.6 is 0 Å². The Bertz CT molecular complexity index is 644. The highest BCUT2D eigenvalue weighted by Gasteiger charge is 2.11. The largest absolute Gasteiger partial charge is 0.451 e. The Kier molecular flexibility index (Phi) is 3.41. The summed E-state index contributed by atoms with van der Waals surface area (Å²) in [5.74, 6) is -3.34. The highest BCUT2D eigenvalue weighted by molar-refractivity contribution is 5.95. The van der Waals surface area contributed by atoms with Gasteiger partial charge in [-0.05, 0) is 30.3 Å². The summed E-state index contributed by atoms with van der Waals surface area (Å²) in [6.07, 6.45) is 0. The first-order valence-electron chi connectivity index (χ1n) is 5.24. The van der Waals surface area contributed by atoms with Gasteiger partial charge in [-0.2, -0.15) is 0 Å². The van der Waals surface area contributed by atoms with E-state index >= 15 is 0 Å². The molecule has 0 aliphatic rings. The zero-order chi connectivity index (χ0) is 14.0. The van der Waals surface area contributed by atoms with E-state index in [1.54, 1.807) is 0 Å². The topological polar surface area (TPSA) is 59.1 Å². The third-order valence-corrected chi connectivity index (χ3v) is 2.36. The van der Waals surface area contributed by atoms with E-state index in [0.717, 1.165) is 24.3 Å². The number of nitrogen functional groups attached to an aromatic ring is 1. The van der Waals surface area contributed by atoms with Crippen LogP contribution in [0.15, 0.2) is 36.4 Å². The van der Waals surface area contributed by atoms with Crippen LogP contribution in [0.3, 0.4) is 0 Å². The van der Waals surface area contributed by atoms with Gasteiger partial charge >= 0.3 is 0 Å². The molecular formula is C13H9F3N2O. The molecule has 2 aromatic carbocycles. The molecule has 98 valence electrons. The molecule has 0 radical (unpaired) electrons. The number of nitrogens with two attached hydrogens (primary N) is 1. The lowest BCUT2D eigenvalue weighted by atomic mass is 10.2. The molecule has 0 aromatic heterocycles. The summed E-state index contributed by atoms with van der Waals surface area (Å²) in [5.41, 5.74) is 5.37. The summed E-state index contributed by atoms with van der Waals surface area (Å²) < 4.78 is 44.9. The molecule has 0 unspecified atom stereocenters. The standard InChI is InChI=1S/C13H9F3N2O/c14-8-2-3-9(15)12(6-8)19-11-4-1-7(13(17)18)5-10(11)16/h1-6H,(H3,17,18). The maximum Gasteiger partial charge on any atom is 0.166 e. The van der Waals surface area contributed by atoms with Gasteiger partial charge in [0.05, 0.1) is 0 Å². The van der Waals surface area contributed by atoms with Crippen molar-refractivity contribution < 1.29 is 17.9 Å². The molecule has 0 atom stereocenters. The van der Waals surface area contributed by atoms with Gasteiger partial charge in [-0.15, -0.1) is 0 Å². The summed E-state index contributed by atoms with van der Waals surface area (Å²) in [5, 5.41) is 7.15. The van der Waals surface area contributed by atoms with Crippen molar-refractivity contribution in [3.63, 3.8) is 0 Å². The second-order valence-electron chi connectivity index (χ2n) is 3.74. The van der Waals surface area contributed by atoms with Crippen molar-refractivity contribution in [2.75, 3.05) is 0 Å². The Balaban J connectivity index is 2.33. The smallest absolute Gasteiger partial charge is 0.166 e. The molecule has 0 saturated carbocycles. The molecule has 0 fully saturated rings. The molecule has 6 heteroatoms. The molecule has 19 heavy (non-hydrogen) atoms. The average Bonchev–Trinajstić information content (AvgIpc) is 2.36. The highest BCUT2D eigenvalue weighted by atomic mass is 19.1. The Hall–Kier alpha value is -2.50. The fraction of sp³-hybridized carbons (Fsp3) is 0. The van der Waals surface area contributed by atoms with Crippen molar-refractivity contribution in [3.05, 3.63) is 59.4 Å². The van der Waals surface area contributed by atoms with Crippen molar-refractivity contribution in [2.45, 2.75) is 0 Å². The molecule has 0 bridgehead atoms. The van der Waals surface area contributed by atoms with Gasteiger partial charge in [-0.25, -0.2) is 13.2 Å². The Morgan fingerprint density at radius 3 is 2.32 bits per heavy atom. The monoisotopic (exact) mass is 266 g/mol. The number of benzene rings is 2. The van der Waals surface area contributed by atoms with Gasteiger partial charge in [0, 0.05) is 11.6 Å². The number of hydrogen-bond donors (Lipinski definition) is 2. The number of halogens is 3. The number of ether oxygens (including phenoxy) is 1. The van der Waals surface area contributed by atoms with Crippen LogP contribution in [0.5, 0.6) is 11.5 Å². The van der Waals surface area contributed by atoms with Crippen molar-refractivity contribution in [2.24, 2.45) is 5.73 Å². The molecule has 2 aromatic rings. The van der Waals surface area contributed by atoms with Crippen LogP contribution in [0.2, 0.25) is 0 Å². The van der Waals surface area contributed by atoms with Gasteiger partial charge in [-0.1, -0.05) is 0 Å². The average molecular weight is 266 g/mol. The lowest BCUT2D eigenvalue weighted by molar-refractivity contribution is 0.410. The first kappa shape index (κ1) is 12.9. The number of rotatable bonds is 3. The van der Waals surface area contributed by atoms with E-state index in [4.69, 9.17) is 15.9 Å². The van der Waals surface area contributed by atoms with E-state index in [9.17, 15) is 13.2 Å². The first-order chi connectivity index (χ1) is 8.97. The van der Waals surface area contributed by atoms with E-state index in [2.05, 4.69) is 0 Å².